The predicted octanol–water partition coefficient (Wildman–Crippen LogP) is 22.3. The lowest BCUT2D eigenvalue weighted by Crippen LogP contribution is -2.47. The van der Waals surface area contributed by atoms with Crippen molar-refractivity contribution in [2.24, 2.45) is 0 Å². The second-order valence-electron chi connectivity index (χ2n) is 25.0. The van der Waals surface area contributed by atoms with Crippen molar-refractivity contribution in [2.45, 2.75) is 341 Å². The summed E-state index contributed by atoms with van der Waals surface area (Å²) in [5.74, 6) is -0.517. The zero-order valence-corrected chi connectivity index (χ0v) is 56.3. The van der Waals surface area contributed by atoms with Crippen molar-refractivity contribution in [3.05, 3.63) is 72.9 Å². The van der Waals surface area contributed by atoms with Gasteiger partial charge in [0.1, 0.15) is 19.3 Å². The van der Waals surface area contributed by atoms with Crippen LogP contribution >= 0.6 is 7.82 Å². The van der Waals surface area contributed by atoms with Crippen LogP contribution in [0.15, 0.2) is 72.9 Å². The third-order valence-electron chi connectivity index (χ3n) is 15.6. The molecule has 0 aromatic carbocycles. The van der Waals surface area contributed by atoms with Gasteiger partial charge in [0, 0.05) is 12.8 Å². The Morgan fingerprint density at radius 3 is 1.13 bits per heavy atom. The summed E-state index contributed by atoms with van der Waals surface area (Å²) in [6.07, 6.45) is 81.9. The number of hydrogen-bond donors (Lipinski definition) is 2. The minimum absolute atomic E-state index is 0.0357. The standard InChI is InChI=1S/C73H135N2O7P/c1-7-10-13-16-19-22-25-28-30-32-34-36-37-39-40-42-44-47-50-53-56-59-62-65-72(76)74-70(69-81-83(78,79)80-68-67-75(4,5)6)71(64-61-58-55-52-49-46-27-24-21-18-15-12-9-3)82-73(77)66-63-60-57-54-51-48-45-43-41-38-35-33-31-29-26-23-20-17-14-11-8-2/h20,23,28-31,35,38,43,45,61,64,70-71H,7-19,21-22,24-27,32-34,36-37,39-42,44,46-60,62-63,65-69H2,1-6H3,(H-,74,76,78,79)/p+1/b23-20-,30-28+,31-29-,38-35-,45-43-,64-61+. The number of allylic oxidation sites excluding steroid dienone is 11. The summed E-state index contributed by atoms with van der Waals surface area (Å²) in [7, 11) is 1.49. The Hall–Kier alpha value is -2.55. The maximum atomic E-state index is 13.6. The average Bonchev–Trinajstić information content (AvgIpc) is 3.47. The van der Waals surface area contributed by atoms with Crippen LogP contribution in [0.1, 0.15) is 329 Å². The van der Waals surface area contributed by atoms with Gasteiger partial charge < -0.3 is 19.4 Å². The molecule has 0 aliphatic rings. The van der Waals surface area contributed by atoms with Crippen LogP contribution in [0.2, 0.25) is 0 Å². The fraction of sp³-hybridized carbons (Fsp3) is 0.808. The number of esters is 1. The van der Waals surface area contributed by atoms with Crippen LogP contribution in [0.4, 0.5) is 0 Å². The first-order valence-corrected chi connectivity index (χ1v) is 36.8. The zero-order chi connectivity index (χ0) is 60.7. The fourth-order valence-electron chi connectivity index (χ4n) is 10.2. The van der Waals surface area contributed by atoms with E-state index in [1.54, 1.807) is 0 Å². The van der Waals surface area contributed by atoms with Crippen LogP contribution < -0.4 is 5.32 Å². The van der Waals surface area contributed by atoms with E-state index in [-0.39, 0.29) is 31.5 Å². The van der Waals surface area contributed by atoms with Gasteiger partial charge in [0.2, 0.25) is 5.91 Å². The highest BCUT2D eigenvalue weighted by Crippen LogP contribution is 2.43. The van der Waals surface area contributed by atoms with Crippen LogP contribution in [-0.2, 0) is 27.9 Å². The van der Waals surface area contributed by atoms with Crippen LogP contribution in [0.25, 0.3) is 0 Å². The molecule has 0 aliphatic heterocycles. The first-order chi connectivity index (χ1) is 40.4. The molecule has 0 aromatic heterocycles. The van der Waals surface area contributed by atoms with Gasteiger partial charge >= 0.3 is 13.8 Å². The molecule has 2 N–H and O–H groups in total. The number of nitrogens with zero attached hydrogens (tertiary/aromatic N) is 1. The first kappa shape index (κ1) is 80.5. The lowest BCUT2D eigenvalue weighted by molar-refractivity contribution is -0.870. The van der Waals surface area contributed by atoms with E-state index in [9.17, 15) is 19.0 Å². The topological polar surface area (TPSA) is 111 Å². The van der Waals surface area contributed by atoms with Crippen LogP contribution in [0, 0.1) is 0 Å². The Balaban J connectivity index is 5.16. The number of rotatable bonds is 64. The molecule has 0 rings (SSSR count). The van der Waals surface area contributed by atoms with Crippen molar-refractivity contribution in [2.75, 3.05) is 40.9 Å². The van der Waals surface area contributed by atoms with Gasteiger partial charge in [-0.05, 0) is 102 Å². The SMILES string of the molecule is CCCCC/C=C\C/C=C\C/C=C\C/C=C\CCCCCCCC(=O)OC(/C=C/CCCCCCCCCCCCC)C(COP(=O)(O)OCC[N+](C)(C)C)NC(=O)CCCCCCCCCCCCCCC/C=C/CCCCCCCC. The summed E-state index contributed by atoms with van der Waals surface area (Å²) >= 11 is 0. The number of ether oxygens (including phenoxy) is 1. The number of nitrogens with one attached hydrogen (secondary N) is 1. The molecule has 9 nitrogen and oxygen atoms in total. The number of carbonyl (C=O) groups is 2. The molecule has 484 valence electrons. The van der Waals surface area contributed by atoms with E-state index in [1.165, 1.54) is 199 Å². The van der Waals surface area contributed by atoms with Crippen molar-refractivity contribution < 1.29 is 37.3 Å². The second-order valence-corrected chi connectivity index (χ2v) is 26.5. The maximum Gasteiger partial charge on any atom is 0.472 e. The lowest BCUT2D eigenvalue weighted by atomic mass is 10.0. The van der Waals surface area contributed by atoms with E-state index < -0.39 is 20.0 Å². The number of phosphoric acid groups is 1. The predicted molar refractivity (Wildman–Crippen MR) is 360 cm³/mol. The summed E-state index contributed by atoms with van der Waals surface area (Å²) in [5, 5.41) is 3.07. The van der Waals surface area contributed by atoms with E-state index >= 15 is 0 Å². The molecule has 0 radical (unpaired) electrons. The van der Waals surface area contributed by atoms with E-state index in [0.29, 0.717) is 17.4 Å². The smallest absolute Gasteiger partial charge is 0.456 e. The zero-order valence-electron chi connectivity index (χ0n) is 55.4. The van der Waals surface area contributed by atoms with E-state index in [0.717, 1.165) is 96.3 Å². The number of unbranched alkanes of at least 4 members (excludes halogenated alkanes) is 38. The van der Waals surface area contributed by atoms with Gasteiger partial charge in [-0.1, -0.05) is 287 Å². The van der Waals surface area contributed by atoms with E-state index in [4.69, 9.17) is 13.8 Å². The van der Waals surface area contributed by atoms with E-state index in [1.807, 2.05) is 33.3 Å². The van der Waals surface area contributed by atoms with Crippen molar-refractivity contribution in [3.63, 3.8) is 0 Å². The van der Waals surface area contributed by atoms with Gasteiger partial charge in [-0.15, -0.1) is 0 Å². The van der Waals surface area contributed by atoms with Gasteiger partial charge in [-0.3, -0.25) is 18.6 Å². The quantitative estimate of drug-likeness (QED) is 0.0205. The molecule has 0 spiro atoms. The Bertz CT molecular complexity index is 1650. The number of quaternary nitrogens is 1. The van der Waals surface area contributed by atoms with Gasteiger partial charge in [-0.2, -0.15) is 0 Å². The third-order valence-corrected chi connectivity index (χ3v) is 16.6. The van der Waals surface area contributed by atoms with E-state index in [2.05, 4.69) is 86.8 Å². The van der Waals surface area contributed by atoms with Gasteiger partial charge in [0.05, 0.1) is 33.8 Å². The number of amides is 1. The number of phosphoric ester groups is 1. The Labute approximate surface area is 514 Å². The summed E-state index contributed by atoms with van der Waals surface area (Å²) < 4.78 is 30.8. The van der Waals surface area contributed by atoms with Crippen LogP contribution in [-0.4, -0.2) is 74.3 Å². The van der Waals surface area contributed by atoms with Crippen LogP contribution in [0.5, 0.6) is 0 Å². The fourth-order valence-corrected chi connectivity index (χ4v) is 10.9. The van der Waals surface area contributed by atoms with Crippen molar-refractivity contribution >= 4 is 19.7 Å². The lowest BCUT2D eigenvalue weighted by Gasteiger charge is -2.27. The molecule has 10 heteroatoms. The molecule has 0 saturated heterocycles. The molecule has 1 amide bonds. The van der Waals surface area contributed by atoms with Gasteiger partial charge in [-0.25, -0.2) is 4.57 Å². The largest absolute Gasteiger partial charge is 0.472 e. The third kappa shape index (κ3) is 63.8. The highest BCUT2D eigenvalue weighted by Gasteiger charge is 2.30. The number of hydrogen-bond acceptors (Lipinski definition) is 6. The monoisotopic (exact) mass is 1180 g/mol. The van der Waals surface area contributed by atoms with Crippen molar-refractivity contribution in [1.29, 1.82) is 0 Å². The number of likely N-dealkylation sites (N-methyl/N-ethyl adjacent to an activating group) is 1. The Morgan fingerprint density at radius 2 is 0.735 bits per heavy atom. The molecule has 83 heavy (non-hydrogen) atoms. The number of carbonyl (C=O) groups excluding carboxylic acids is 2. The summed E-state index contributed by atoms with van der Waals surface area (Å²) in [6.45, 7) is 7.00. The van der Waals surface area contributed by atoms with Crippen molar-refractivity contribution in [1.82, 2.24) is 5.32 Å². The average molecular weight is 1180 g/mol. The molecule has 0 aromatic rings. The molecular formula is C73H136N2O7P+. The summed E-state index contributed by atoms with van der Waals surface area (Å²) in [5.41, 5.74) is 0. The Kier molecular flexibility index (Phi) is 60.6. The molecule has 0 saturated carbocycles. The molecule has 3 unspecified atom stereocenters. The minimum Gasteiger partial charge on any atom is -0.456 e. The van der Waals surface area contributed by atoms with Crippen LogP contribution in [0.3, 0.4) is 0 Å². The molecule has 0 aliphatic carbocycles. The molecule has 0 heterocycles. The van der Waals surface area contributed by atoms with Gasteiger partial charge in [0.15, 0.2) is 0 Å². The highest BCUT2D eigenvalue weighted by molar-refractivity contribution is 7.47. The summed E-state index contributed by atoms with van der Waals surface area (Å²) in [4.78, 5) is 37.9. The highest BCUT2D eigenvalue weighted by atomic mass is 31.2. The van der Waals surface area contributed by atoms with Gasteiger partial charge in [0.25, 0.3) is 0 Å². The molecule has 0 bridgehead atoms. The Morgan fingerprint density at radius 1 is 0.422 bits per heavy atom. The molecule has 3 atom stereocenters. The van der Waals surface area contributed by atoms with Crippen molar-refractivity contribution in [3.8, 4) is 0 Å². The maximum absolute atomic E-state index is 13.6. The molecular weight excluding hydrogens is 1050 g/mol. The second kappa shape index (κ2) is 62.5. The molecule has 0 fully saturated rings. The first-order valence-electron chi connectivity index (χ1n) is 35.3. The normalized spacial score (nSPS) is 14.0. The minimum atomic E-state index is -4.46. The summed E-state index contributed by atoms with van der Waals surface area (Å²) in [6, 6.07) is -0.859.